The third-order valence-corrected chi connectivity index (χ3v) is 4.13. The molecule has 2 rings (SSSR count). The molecule has 0 aromatic heterocycles. The van der Waals surface area contributed by atoms with Crippen LogP contribution in [0.1, 0.15) is 35.8 Å². The summed E-state index contributed by atoms with van der Waals surface area (Å²) in [4.78, 5) is 0. The molecule has 0 saturated carbocycles. The first-order valence-corrected chi connectivity index (χ1v) is 7.83. The molecule has 0 aliphatic carbocycles. The topological polar surface area (TPSA) is 52.5 Å². The average Bonchev–Trinajstić information content (AvgIpc) is 2.52. The van der Waals surface area contributed by atoms with Crippen LogP contribution >= 0.6 is 23.2 Å². The van der Waals surface area contributed by atoms with Crippen LogP contribution in [0.5, 0.6) is 0 Å². The summed E-state index contributed by atoms with van der Waals surface area (Å²) in [5, 5.41) is 23.7. The molecule has 0 aliphatic rings. The average molecular weight is 340 g/mol. The fraction of sp³-hybridized carbons (Fsp3) is 0.294. The molecule has 3 nitrogen and oxygen atoms in total. The summed E-state index contributed by atoms with van der Waals surface area (Å²) in [6.45, 7) is 2.39. The lowest BCUT2D eigenvalue weighted by atomic mass is 10.0. The predicted octanol–water partition coefficient (Wildman–Crippen LogP) is 3.87. The van der Waals surface area contributed by atoms with E-state index < -0.39 is 6.10 Å². The number of aliphatic hydroxyl groups excluding tert-OH is 2. The lowest BCUT2D eigenvalue weighted by Gasteiger charge is -2.19. The number of aliphatic hydroxyl groups is 2. The van der Waals surface area contributed by atoms with Crippen molar-refractivity contribution in [2.45, 2.75) is 25.7 Å². The summed E-state index contributed by atoms with van der Waals surface area (Å²) in [7, 11) is 0. The highest BCUT2D eigenvalue weighted by molar-refractivity contribution is 6.35. The highest BCUT2D eigenvalue weighted by Crippen LogP contribution is 2.26. The van der Waals surface area contributed by atoms with E-state index in [2.05, 4.69) is 5.32 Å². The molecule has 0 saturated heterocycles. The van der Waals surface area contributed by atoms with Crippen molar-refractivity contribution in [3.63, 3.8) is 0 Å². The van der Waals surface area contributed by atoms with E-state index in [-0.39, 0.29) is 12.6 Å². The molecule has 5 heteroatoms. The van der Waals surface area contributed by atoms with Crippen molar-refractivity contribution in [3.05, 3.63) is 69.2 Å². The quantitative estimate of drug-likeness (QED) is 0.748. The molecule has 2 aromatic rings. The van der Waals surface area contributed by atoms with Crippen LogP contribution in [0.3, 0.4) is 0 Å². The van der Waals surface area contributed by atoms with Gasteiger partial charge in [-0.15, -0.1) is 0 Å². The Bertz CT molecular complexity index is 634. The fourth-order valence-corrected chi connectivity index (χ4v) is 2.78. The SMILES string of the molecule is CC(NCC(O)c1ccc(Cl)cc1Cl)c1cccc(CO)c1. The van der Waals surface area contributed by atoms with Gasteiger partial charge in [0.1, 0.15) is 0 Å². The molecule has 0 radical (unpaired) electrons. The molecule has 0 aliphatic heterocycles. The second-order valence-corrected chi connectivity index (χ2v) is 6.06. The molecule has 3 N–H and O–H groups in total. The molecule has 118 valence electrons. The lowest BCUT2D eigenvalue weighted by Crippen LogP contribution is -2.25. The molecule has 2 unspecified atom stereocenters. The number of benzene rings is 2. The van der Waals surface area contributed by atoms with Gasteiger partial charge in [0.05, 0.1) is 12.7 Å². The largest absolute Gasteiger partial charge is 0.392 e. The summed E-state index contributed by atoms with van der Waals surface area (Å²) < 4.78 is 0. The van der Waals surface area contributed by atoms with E-state index in [0.717, 1.165) is 11.1 Å². The first kappa shape index (κ1) is 17.3. The Kier molecular flexibility index (Phi) is 6.24. The molecule has 2 atom stereocenters. The van der Waals surface area contributed by atoms with E-state index in [1.54, 1.807) is 18.2 Å². The van der Waals surface area contributed by atoms with E-state index in [4.69, 9.17) is 23.2 Å². The second-order valence-electron chi connectivity index (χ2n) is 5.21. The maximum Gasteiger partial charge on any atom is 0.0928 e. The maximum absolute atomic E-state index is 10.3. The highest BCUT2D eigenvalue weighted by Gasteiger charge is 2.14. The molecule has 0 amide bonds. The Morgan fingerprint density at radius 2 is 1.91 bits per heavy atom. The minimum atomic E-state index is -0.715. The van der Waals surface area contributed by atoms with E-state index in [9.17, 15) is 10.2 Å². The fourth-order valence-electron chi connectivity index (χ4n) is 2.25. The zero-order valence-electron chi connectivity index (χ0n) is 12.3. The van der Waals surface area contributed by atoms with Crippen molar-refractivity contribution < 1.29 is 10.2 Å². The summed E-state index contributed by atoms with van der Waals surface area (Å²) in [5.41, 5.74) is 2.57. The van der Waals surface area contributed by atoms with Crippen LogP contribution in [0.15, 0.2) is 42.5 Å². The van der Waals surface area contributed by atoms with Gasteiger partial charge < -0.3 is 15.5 Å². The van der Waals surface area contributed by atoms with Gasteiger partial charge in [-0.3, -0.25) is 0 Å². The molecular weight excluding hydrogens is 321 g/mol. The normalized spacial score (nSPS) is 13.9. The Hall–Kier alpha value is -1.10. The van der Waals surface area contributed by atoms with Crippen LogP contribution in [0.25, 0.3) is 0 Å². The molecule has 0 bridgehead atoms. The molecule has 0 fully saturated rings. The van der Waals surface area contributed by atoms with Crippen LogP contribution in [-0.2, 0) is 6.61 Å². The summed E-state index contributed by atoms with van der Waals surface area (Å²) in [6, 6.07) is 12.8. The first-order valence-electron chi connectivity index (χ1n) is 7.07. The number of nitrogens with one attached hydrogen (secondary N) is 1. The number of hydrogen-bond acceptors (Lipinski definition) is 3. The summed E-state index contributed by atoms with van der Waals surface area (Å²) in [5.74, 6) is 0. The van der Waals surface area contributed by atoms with E-state index >= 15 is 0 Å². The van der Waals surface area contributed by atoms with Crippen LogP contribution in [-0.4, -0.2) is 16.8 Å². The molecule has 0 heterocycles. The van der Waals surface area contributed by atoms with E-state index in [0.29, 0.717) is 22.2 Å². The third kappa shape index (κ3) is 4.45. The Morgan fingerprint density at radius 3 is 2.59 bits per heavy atom. The summed E-state index contributed by atoms with van der Waals surface area (Å²) in [6.07, 6.45) is -0.715. The minimum absolute atomic E-state index is 0.0174. The molecule has 22 heavy (non-hydrogen) atoms. The highest BCUT2D eigenvalue weighted by atomic mass is 35.5. The Labute approximate surface area is 140 Å². The third-order valence-electron chi connectivity index (χ3n) is 3.57. The van der Waals surface area contributed by atoms with Crippen molar-refractivity contribution >= 4 is 23.2 Å². The van der Waals surface area contributed by atoms with Crippen LogP contribution < -0.4 is 5.32 Å². The molecule has 0 spiro atoms. The van der Waals surface area contributed by atoms with E-state index in [1.807, 2.05) is 31.2 Å². The second kappa shape index (κ2) is 7.95. The van der Waals surface area contributed by atoms with Crippen molar-refractivity contribution in [1.82, 2.24) is 5.32 Å². The van der Waals surface area contributed by atoms with Gasteiger partial charge in [0.2, 0.25) is 0 Å². The Balaban J connectivity index is 1.99. The number of rotatable bonds is 6. The van der Waals surface area contributed by atoms with Gasteiger partial charge in [-0.1, -0.05) is 53.5 Å². The van der Waals surface area contributed by atoms with Gasteiger partial charge in [0, 0.05) is 28.2 Å². The van der Waals surface area contributed by atoms with Gasteiger partial charge in [-0.2, -0.15) is 0 Å². The Morgan fingerprint density at radius 1 is 1.14 bits per heavy atom. The van der Waals surface area contributed by atoms with Crippen LogP contribution in [0.2, 0.25) is 10.0 Å². The van der Waals surface area contributed by atoms with Gasteiger partial charge in [0.25, 0.3) is 0 Å². The van der Waals surface area contributed by atoms with Gasteiger partial charge >= 0.3 is 0 Å². The van der Waals surface area contributed by atoms with Crippen LogP contribution in [0, 0.1) is 0 Å². The molecular formula is C17H19Cl2NO2. The monoisotopic (exact) mass is 339 g/mol. The minimum Gasteiger partial charge on any atom is -0.392 e. The number of halogens is 2. The standard InChI is InChI=1S/C17H19Cl2NO2/c1-11(13-4-2-3-12(7-13)10-21)20-9-17(22)15-6-5-14(18)8-16(15)19/h2-8,11,17,20-22H,9-10H2,1H3. The van der Waals surface area contributed by atoms with Crippen molar-refractivity contribution in [3.8, 4) is 0 Å². The van der Waals surface area contributed by atoms with Crippen LogP contribution in [0.4, 0.5) is 0 Å². The van der Waals surface area contributed by atoms with Crippen molar-refractivity contribution in [2.75, 3.05) is 6.54 Å². The van der Waals surface area contributed by atoms with E-state index in [1.165, 1.54) is 0 Å². The summed E-state index contributed by atoms with van der Waals surface area (Å²) >= 11 is 12.0. The van der Waals surface area contributed by atoms with Crippen molar-refractivity contribution in [1.29, 1.82) is 0 Å². The van der Waals surface area contributed by atoms with Crippen molar-refractivity contribution in [2.24, 2.45) is 0 Å². The predicted molar refractivity (Wildman–Crippen MR) is 90.2 cm³/mol. The zero-order chi connectivity index (χ0) is 16.1. The van der Waals surface area contributed by atoms with Gasteiger partial charge in [-0.25, -0.2) is 0 Å². The van der Waals surface area contributed by atoms with Gasteiger partial charge in [0.15, 0.2) is 0 Å². The maximum atomic E-state index is 10.3. The first-order chi connectivity index (χ1) is 10.5. The number of hydrogen-bond donors (Lipinski definition) is 3. The van der Waals surface area contributed by atoms with Gasteiger partial charge in [-0.05, 0) is 30.2 Å². The zero-order valence-corrected chi connectivity index (χ0v) is 13.8. The molecule has 2 aromatic carbocycles. The lowest BCUT2D eigenvalue weighted by molar-refractivity contribution is 0.171. The smallest absolute Gasteiger partial charge is 0.0928 e.